The molecular formula is C11H14BrNO4S. The van der Waals surface area contributed by atoms with Crippen LogP contribution in [0.4, 0.5) is 5.69 Å². The van der Waals surface area contributed by atoms with Crippen molar-refractivity contribution in [2.45, 2.75) is 0 Å². The molecule has 0 heterocycles. The largest absolute Gasteiger partial charge is 0.478 e. The molecule has 1 aromatic carbocycles. The fraction of sp³-hybridized carbons (Fsp3) is 0.364. The average Bonchev–Trinajstić information content (AvgIpc) is 2.23. The van der Waals surface area contributed by atoms with Gasteiger partial charge in [-0.3, -0.25) is 0 Å². The molecule has 1 rings (SSSR count). The molecule has 0 bridgehead atoms. The van der Waals surface area contributed by atoms with Crippen molar-refractivity contribution in [1.29, 1.82) is 0 Å². The van der Waals surface area contributed by atoms with Crippen LogP contribution in [0.5, 0.6) is 0 Å². The van der Waals surface area contributed by atoms with E-state index in [0.29, 0.717) is 16.7 Å². The molecule has 0 radical (unpaired) electrons. The molecule has 0 spiro atoms. The van der Waals surface area contributed by atoms with Gasteiger partial charge in [-0.2, -0.15) is 0 Å². The van der Waals surface area contributed by atoms with Crippen molar-refractivity contribution in [1.82, 2.24) is 0 Å². The van der Waals surface area contributed by atoms with Crippen LogP contribution in [-0.2, 0) is 9.84 Å². The summed E-state index contributed by atoms with van der Waals surface area (Å²) in [6.45, 7) is 0.314. The minimum atomic E-state index is -3.03. The van der Waals surface area contributed by atoms with Gasteiger partial charge < -0.3 is 10.0 Å². The smallest absolute Gasteiger partial charge is 0.335 e. The van der Waals surface area contributed by atoms with E-state index in [1.54, 1.807) is 18.0 Å². The van der Waals surface area contributed by atoms with Gasteiger partial charge in [0, 0.05) is 30.0 Å². The van der Waals surface area contributed by atoms with Crippen LogP contribution in [0.1, 0.15) is 10.4 Å². The van der Waals surface area contributed by atoms with E-state index in [1.165, 1.54) is 18.4 Å². The number of carboxylic acids is 1. The topological polar surface area (TPSA) is 74.7 Å². The first-order valence-corrected chi connectivity index (χ1v) is 7.97. The van der Waals surface area contributed by atoms with Crippen molar-refractivity contribution in [3.8, 4) is 0 Å². The van der Waals surface area contributed by atoms with Gasteiger partial charge in [0.05, 0.1) is 11.3 Å². The Morgan fingerprint density at radius 2 is 2.00 bits per heavy atom. The molecule has 100 valence electrons. The van der Waals surface area contributed by atoms with Crippen molar-refractivity contribution in [2.24, 2.45) is 0 Å². The lowest BCUT2D eigenvalue weighted by atomic mass is 10.2. The van der Waals surface area contributed by atoms with Gasteiger partial charge in [-0.25, -0.2) is 13.2 Å². The molecule has 0 saturated heterocycles. The van der Waals surface area contributed by atoms with E-state index in [-0.39, 0.29) is 11.3 Å². The van der Waals surface area contributed by atoms with Gasteiger partial charge in [-0.05, 0) is 18.2 Å². The summed E-state index contributed by atoms with van der Waals surface area (Å²) in [6, 6.07) is 4.75. The summed E-state index contributed by atoms with van der Waals surface area (Å²) in [5.74, 6) is -0.993. The Kier molecular flexibility index (Phi) is 4.75. The molecule has 1 N–H and O–H groups in total. The van der Waals surface area contributed by atoms with Gasteiger partial charge in [-0.15, -0.1) is 0 Å². The lowest BCUT2D eigenvalue weighted by molar-refractivity contribution is 0.0697. The quantitative estimate of drug-likeness (QED) is 0.885. The van der Waals surface area contributed by atoms with Crippen molar-refractivity contribution in [3.05, 3.63) is 28.2 Å². The van der Waals surface area contributed by atoms with E-state index in [1.807, 2.05) is 0 Å². The molecule has 0 aliphatic rings. The molecule has 0 fully saturated rings. The van der Waals surface area contributed by atoms with Crippen LogP contribution in [-0.4, -0.2) is 45.1 Å². The molecule has 0 saturated carbocycles. The average molecular weight is 336 g/mol. The third kappa shape index (κ3) is 4.66. The van der Waals surface area contributed by atoms with Crippen LogP contribution in [0.15, 0.2) is 22.7 Å². The fourth-order valence-corrected chi connectivity index (χ4v) is 2.44. The lowest BCUT2D eigenvalue weighted by Gasteiger charge is -2.19. The Labute approximate surface area is 114 Å². The van der Waals surface area contributed by atoms with Crippen molar-refractivity contribution in [3.63, 3.8) is 0 Å². The molecule has 0 unspecified atom stereocenters. The van der Waals surface area contributed by atoms with Crippen molar-refractivity contribution < 1.29 is 18.3 Å². The number of benzene rings is 1. The molecule has 1 aromatic rings. The zero-order valence-electron chi connectivity index (χ0n) is 10.1. The Bertz CT molecular complexity index is 556. The van der Waals surface area contributed by atoms with E-state index in [2.05, 4.69) is 15.9 Å². The lowest BCUT2D eigenvalue weighted by Crippen LogP contribution is -2.25. The number of hydrogen-bond acceptors (Lipinski definition) is 4. The first kappa shape index (κ1) is 15.0. The second kappa shape index (κ2) is 5.71. The van der Waals surface area contributed by atoms with Gasteiger partial charge in [-0.1, -0.05) is 15.9 Å². The standard InChI is InChI=1S/C11H14BrNO4S/c1-13(3-4-18(2,16)17)10-6-8(11(14)15)5-9(12)7-10/h5-7H,3-4H2,1-2H3,(H,14,15). The number of nitrogens with zero attached hydrogens (tertiary/aromatic N) is 1. The summed E-state index contributed by atoms with van der Waals surface area (Å²) >= 11 is 3.23. The van der Waals surface area contributed by atoms with Crippen LogP contribution in [0.3, 0.4) is 0 Å². The summed E-state index contributed by atoms with van der Waals surface area (Å²) in [5.41, 5.74) is 0.816. The number of carboxylic acid groups (broad SMARTS) is 1. The Balaban J connectivity index is 2.92. The molecule has 0 aliphatic carbocycles. The molecule has 0 atom stereocenters. The third-order valence-electron chi connectivity index (χ3n) is 2.37. The monoisotopic (exact) mass is 335 g/mol. The number of anilines is 1. The first-order chi connectivity index (χ1) is 8.19. The summed E-state index contributed by atoms with van der Waals surface area (Å²) in [4.78, 5) is 12.6. The molecule has 0 amide bonds. The number of halogens is 1. The van der Waals surface area contributed by atoms with Gasteiger partial charge in [0.25, 0.3) is 0 Å². The highest BCUT2D eigenvalue weighted by Gasteiger charge is 2.10. The second-order valence-electron chi connectivity index (χ2n) is 4.05. The fourth-order valence-electron chi connectivity index (χ4n) is 1.35. The normalized spacial score (nSPS) is 11.3. The number of rotatable bonds is 5. The number of carbonyl (C=O) groups is 1. The minimum Gasteiger partial charge on any atom is -0.478 e. The second-order valence-corrected chi connectivity index (χ2v) is 7.23. The first-order valence-electron chi connectivity index (χ1n) is 5.12. The van der Waals surface area contributed by atoms with Crippen LogP contribution in [0, 0.1) is 0 Å². The Morgan fingerprint density at radius 1 is 1.39 bits per heavy atom. The van der Waals surface area contributed by atoms with E-state index in [0.717, 1.165) is 0 Å². The van der Waals surface area contributed by atoms with Crippen molar-refractivity contribution in [2.75, 3.05) is 30.5 Å². The maximum Gasteiger partial charge on any atom is 0.335 e. The zero-order valence-corrected chi connectivity index (χ0v) is 12.5. The van der Waals surface area contributed by atoms with Gasteiger partial charge in [0.2, 0.25) is 0 Å². The summed E-state index contributed by atoms with van der Waals surface area (Å²) in [7, 11) is -1.31. The Morgan fingerprint density at radius 3 is 2.50 bits per heavy atom. The maximum atomic E-state index is 11.1. The van der Waals surface area contributed by atoms with E-state index < -0.39 is 15.8 Å². The number of aromatic carboxylic acids is 1. The maximum absolute atomic E-state index is 11.1. The third-order valence-corrected chi connectivity index (χ3v) is 3.75. The van der Waals surface area contributed by atoms with E-state index >= 15 is 0 Å². The van der Waals surface area contributed by atoms with Gasteiger partial charge >= 0.3 is 5.97 Å². The molecule has 0 aromatic heterocycles. The predicted octanol–water partition coefficient (Wildman–Crippen LogP) is 1.63. The molecule has 18 heavy (non-hydrogen) atoms. The summed E-state index contributed by atoms with van der Waals surface area (Å²) in [5, 5.41) is 8.94. The van der Waals surface area contributed by atoms with Crippen LogP contribution in [0.2, 0.25) is 0 Å². The number of hydrogen-bond donors (Lipinski definition) is 1. The Hall–Kier alpha value is -1.08. The summed E-state index contributed by atoms with van der Waals surface area (Å²) < 4.78 is 22.8. The predicted molar refractivity (Wildman–Crippen MR) is 74.1 cm³/mol. The minimum absolute atomic E-state index is 0.0262. The van der Waals surface area contributed by atoms with Gasteiger partial charge in [0.15, 0.2) is 0 Å². The molecule has 5 nitrogen and oxygen atoms in total. The highest BCUT2D eigenvalue weighted by atomic mass is 79.9. The highest BCUT2D eigenvalue weighted by Crippen LogP contribution is 2.22. The van der Waals surface area contributed by atoms with Gasteiger partial charge in [0.1, 0.15) is 9.84 Å². The molecule has 7 heteroatoms. The van der Waals surface area contributed by atoms with E-state index in [9.17, 15) is 13.2 Å². The zero-order chi connectivity index (χ0) is 13.9. The van der Waals surface area contributed by atoms with Crippen molar-refractivity contribution >= 4 is 37.4 Å². The van der Waals surface area contributed by atoms with E-state index in [4.69, 9.17) is 5.11 Å². The molecular weight excluding hydrogens is 322 g/mol. The highest BCUT2D eigenvalue weighted by molar-refractivity contribution is 9.10. The summed E-state index contributed by atoms with van der Waals surface area (Å²) in [6.07, 6.45) is 1.17. The van der Waals surface area contributed by atoms with Crippen LogP contribution >= 0.6 is 15.9 Å². The van der Waals surface area contributed by atoms with Crippen LogP contribution < -0.4 is 4.90 Å². The van der Waals surface area contributed by atoms with Crippen LogP contribution in [0.25, 0.3) is 0 Å². The SMILES string of the molecule is CN(CCS(C)(=O)=O)c1cc(Br)cc(C(=O)O)c1. The molecule has 0 aliphatic heterocycles. The number of sulfone groups is 1.